The Morgan fingerprint density at radius 3 is 2.72 bits per heavy atom. The summed E-state index contributed by atoms with van der Waals surface area (Å²) in [7, 11) is 0. The molecule has 0 N–H and O–H groups in total. The monoisotopic (exact) mass is 342 g/mol. The second kappa shape index (κ2) is 7.35. The van der Waals surface area contributed by atoms with Crippen LogP contribution in [0.25, 0.3) is 10.8 Å². The highest BCUT2D eigenvalue weighted by molar-refractivity contribution is 5.83. The lowest BCUT2D eigenvalue weighted by Gasteiger charge is -2.33. The second-order valence-electron chi connectivity index (χ2n) is 6.79. The first-order chi connectivity index (χ1) is 12.0. The molecule has 0 nitrogen and oxygen atoms in total. The van der Waals surface area contributed by atoms with Crippen molar-refractivity contribution < 1.29 is 13.2 Å². The SMILES string of the molecule is C=CCCC1CCC(F)(C#Cc2ccc3cc(F)ccc3c2)C(F)C1. The van der Waals surface area contributed by atoms with E-state index in [-0.39, 0.29) is 24.6 Å². The summed E-state index contributed by atoms with van der Waals surface area (Å²) in [6, 6.07) is 9.69. The average Bonchev–Trinajstić information content (AvgIpc) is 2.61. The first-order valence-corrected chi connectivity index (χ1v) is 8.66. The molecule has 3 atom stereocenters. The van der Waals surface area contributed by atoms with E-state index in [0.717, 1.165) is 23.6 Å². The van der Waals surface area contributed by atoms with Crippen molar-refractivity contribution >= 4 is 10.8 Å². The van der Waals surface area contributed by atoms with Crippen molar-refractivity contribution in [2.45, 2.75) is 43.9 Å². The summed E-state index contributed by atoms with van der Waals surface area (Å²) >= 11 is 0. The van der Waals surface area contributed by atoms with Gasteiger partial charge in [-0.1, -0.05) is 30.0 Å². The second-order valence-corrected chi connectivity index (χ2v) is 6.79. The Hall–Kier alpha value is -2.21. The van der Waals surface area contributed by atoms with Crippen molar-refractivity contribution in [3.63, 3.8) is 0 Å². The molecular formula is C22H21F3. The maximum Gasteiger partial charge on any atom is 0.202 e. The average molecular weight is 342 g/mol. The van der Waals surface area contributed by atoms with Crippen molar-refractivity contribution in [1.29, 1.82) is 0 Å². The molecule has 0 amide bonds. The third kappa shape index (κ3) is 4.07. The molecule has 0 bridgehead atoms. The molecule has 0 radical (unpaired) electrons. The van der Waals surface area contributed by atoms with Gasteiger partial charge in [-0.15, -0.1) is 6.58 Å². The van der Waals surface area contributed by atoms with E-state index in [1.165, 1.54) is 12.1 Å². The molecule has 0 heterocycles. The van der Waals surface area contributed by atoms with Crippen LogP contribution in [0.4, 0.5) is 13.2 Å². The van der Waals surface area contributed by atoms with Crippen LogP contribution in [0, 0.1) is 23.6 Å². The van der Waals surface area contributed by atoms with Crippen LogP contribution in [-0.4, -0.2) is 11.8 Å². The number of halogens is 3. The van der Waals surface area contributed by atoms with E-state index in [4.69, 9.17) is 0 Å². The van der Waals surface area contributed by atoms with Gasteiger partial charge in [0, 0.05) is 5.56 Å². The fraction of sp³-hybridized carbons (Fsp3) is 0.364. The van der Waals surface area contributed by atoms with Crippen molar-refractivity contribution in [1.82, 2.24) is 0 Å². The Balaban J connectivity index is 1.76. The fourth-order valence-corrected chi connectivity index (χ4v) is 3.40. The molecule has 0 spiro atoms. The molecule has 2 aromatic carbocycles. The number of benzene rings is 2. The first kappa shape index (κ1) is 17.6. The quantitative estimate of drug-likeness (QED) is 0.464. The highest BCUT2D eigenvalue weighted by Crippen LogP contribution is 2.39. The minimum absolute atomic E-state index is 0.127. The molecule has 1 saturated carbocycles. The number of fused-ring (bicyclic) bond motifs is 1. The summed E-state index contributed by atoms with van der Waals surface area (Å²) in [6.45, 7) is 3.67. The molecule has 25 heavy (non-hydrogen) atoms. The van der Waals surface area contributed by atoms with Gasteiger partial charge in [-0.25, -0.2) is 13.2 Å². The van der Waals surface area contributed by atoms with E-state index in [2.05, 4.69) is 18.4 Å². The Kier molecular flexibility index (Phi) is 5.18. The zero-order chi connectivity index (χ0) is 17.9. The lowest BCUT2D eigenvalue weighted by molar-refractivity contribution is 0.0365. The number of rotatable bonds is 3. The van der Waals surface area contributed by atoms with Gasteiger partial charge < -0.3 is 0 Å². The lowest BCUT2D eigenvalue weighted by atomic mass is 9.77. The Morgan fingerprint density at radius 1 is 1.20 bits per heavy atom. The van der Waals surface area contributed by atoms with E-state index in [1.807, 2.05) is 6.08 Å². The van der Waals surface area contributed by atoms with Crippen LogP contribution in [0.15, 0.2) is 49.1 Å². The van der Waals surface area contributed by atoms with Crippen LogP contribution in [0.2, 0.25) is 0 Å². The van der Waals surface area contributed by atoms with E-state index in [0.29, 0.717) is 12.0 Å². The zero-order valence-corrected chi connectivity index (χ0v) is 14.1. The highest BCUT2D eigenvalue weighted by Gasteiger charge is 2.43. The van der Waals surface area contributed by atoms with Gasteiger partial charge in [-0.05, 0) is 73.1 Å². The standard InChI is InChI=1S/C22H21F3/c1-2-3-4-16-9-11-22(25,21(24)14-16)12-10-17-5-6-19-15-20(23)8-7-18(19)13-17/h2,5-8,13,15-16,21H,1,3-4,9,11,14H2. The Morgan fingerprint density at radius 2 is 1.96 bits per heavy atom. The summed E-state index contributed by atoms with van der Waals surface area (Å²) < 4.78 is 42.5. The zero-order valence-electron chi connectivity index (χ0n) is 14.1. The molecule has 1 aliphatic rings. The van der Waals surface area contributed by atoms with E-state index < -0.39 is 11.8 Å². The molecule has 0 saturated heterocycles. The molecule has 2 aromatic rings. The molecule has 3 heteroatoms. The molecule has 1 fully saturated rings. The summed E-state index contributed by atoms with van der Waals surface area (Å²) in [4.78, 5) is 0. The van der Waals surface area contributed by atoms with Crippen LogP contribution in [0.1, 0.15) is 37.7 Å². The van der Waals surface area contributed by atoms with Gasteiger partial charge in [-0.3, -0.25) is 0 Å². The minimum atomic E-state index is -2.08. The molecule has 0 aliphatic heterocycles. The highest BCUT2D eigenvalue weighted by atomic mass is 19.2. The maximum absolute atomic E-state index is 14.9. The topological polar surface area (TPSA) is 0 Å². The Bertz CT molecular complexity index is 830. The number of alkyl halides is 2. The van der Waals surface area contributed by atoms with Crippen molar-refractivity contribution in [2.24, 2.45) is 5.92 Å². The minimum Gasteiger partial charge on any atom is -0.243 e. The van der Waals surface area contributed by atoms with Gasteiger partial charge in [0.2, 0.25) is 5.67 Å². The van der Waals surface area contributed by atoms with Crippen LogP contribution < -0.4 is 0 Å². The van der Waals surface area contributed by atoms with Gasteiger partial charge in [-0.2, -0.15) is 0 Å². The summed E-state index contributed by atoms with van der Waals surface area (Å²) in [5, 5.41) is 1.58. The van der Waals surface area contributed by atoms with Gasteiger partial charge in [0.05, 0.1) is 0 Å². The number of hydrogen-bond acceptors (Lipinski definition) is 0. The van der Waals surface area contributed by atoms with Gasteiger partial charge >= 0.3 is 0 Å². The van der Waals surface area contributed by atoms with Crippen molar-refractivity contribution in [2.75, 3.05) is 0 Å². The largest absolute Gasteiger partial charge is 0.243 e. The van der Waals surface area contributed by atoms with E-state index in [1.54, 1.807) is 24.3 Å². The molecule has 3 rings (SSSR count). The summed E-state index contributed by atoms with van der Waals surface area (Å²) in [5.41, 5.74) is -1.47. The smallest absolute Gasteiger partial charge is 0.202 e. The van der Waals surface area contributed by atoms with Crippen molar-refractivity contribution in [3.8, 4) is 11.8 Å². The van der Waals surface area contributed by atoms with Crippen LogP contribution >= 0.6 is 0 Å². The molecule has 3 unspecified atom stereocenters. The van der Waals surface area contributed by atoms with Gasteiger partial charge in [0.25, 0.3) is 0 Å². The summed E-state index contributed by atoms with van der Waals surface area (Å²) in [6.07, 6.45) is 2.94. The maximum atomic E-state index is 14.9. The number of allylic oxidation sites excluding steroid dienone is 1. The molecule has 130 valence electrons. The van der Waals surface area contributed by atoms with E-state index in [9.17, 15) is 13.2 Å². The summed E-state index contributed by atoms with van der Waals surface area (Å²) in [5.74, 6) is 5.21. The van der Waals surface area contributed by atoms with Crippen LogP contribution in [-0.2, 0) is 0 Å². The lowest BCUT2D eigenvalue weighted by Crippen LogP contribution is -2.39. The predicted molar refractivity (Wildman–Crippen MR) is 96.3 cm³/mol. The number of hydrogen-bond donors (Lipinski definition) is 0. The van der Waals surface area contributed by atoms with E-state index >= 15 is 0 Å². The molecule has 1 aliphatic carbocycles. The van der Waals surface area contributed by atoms with Gasteiger partial charge in [0.15, 0.2) is 0 Å². The third-order valence-electron chi connectivity index (χ3n) is 4.95. The normalized spacial score (nSPS) is 26.0. The van der Waals surface area contributed by atoms with Crippen LogP contribution in [0.3, 0.4) is 0 Å². The predicted octanol–water partition coefficient (Wildman–Crippen LogP) is 6.14. The van der Waals surface area contributed by atoms with Crippen LogP contribution in [0.5, 0.6) is 0 Å². The van der Waals surface area contributed by atoms with Crippen molar-refractivity contribution in [3.05, 3.63) is 60.4 Å². The molecular weight excluding hydrogens is 321 g/mol. The Labute approximate surface area is 146 Å². The molecule has 0 aromatic heterocycles. The third-order valence-corrected chi connectivity index (χ3v) is 4.95. The fourth-order valence-electron chi connectivity index (χ4n) is 3.40. The first-order valence-electron chi connectivity index (χ1n) is 8.66. The van der Waals surface area contributed by atoms with Gasteiger partial charge in [0.1, 0.15) is 12.0 Å².